The molecular weight excluding hydrogens is 220 g/mol. The van der Waals surface area contributed by atoms with E-state index in [4.69, 9.17) is 5.11 Å². The quantitative estimate of drug-likeness (QED) is 0.843. The second-order valence-electron chi connectivity index (χ2n) is 4.73. The molecule has 0 fully saturated rings. The lowest BCUT2D eigenvalue weighted by molar-refractivity contribution is 0.282. The summed E-state index contributed by atoms with van der Waals surface area (Å²) in [5, 5.41) is 9.03. The summed E-state index contributed by atoms with van der Waals surface area (Å²) < 4.78 is 0. The number of aliphatic hydroxyl groups excluding tert-OH is 1. The molecule has 1 N–H and O–H groups in total. The monoisotopic (exact) mass is 236 g/mol. The fourth-order valence-electron chi connectivity index (χ4n) is 2.53. The van der Waals surface area contributed by atoms with Gasteiger partial charge in [-0.15, -0.1) is 0 Å². The average molecular weight is 236 g/mol. The fourth-order valence-corrected chi connectivity index (χ4v) is 2.53. The van der Waals surface area contributed by atoms with Gasteiger partial charge in [-0.05, 0) is 40.7 Å². The molecule has 0 saturated heterocycles. The second-order valence-corrected chi connectivity index (χ2v) is 4.73. The molecule has 1 aliphatic rings. The van der Waals surface area contributed by atoms with Gasteiger partial charge in [0.05, 0.1) is 6.61 Å². The van der Waals surface area contributed by atoms with Gasteiger partial charge in [0.15, 0.2) is 0 Å². The number of aliphatic hydroxyl groups is 1. The summed E-state index contributed by atoms with van der Waals surface area (Å²) in [6.45, 7) is 0.111. The van der Waals surface area contributed by atoms with Crippen LogP contribution < -0.4 is 0 Å². The maximum atomic E-state index is 9.03. The Morgan fingerprint density at radius 2 is 1.72 bits per heavy atom. The van der Waals surface area contributed by atoms with Crippen molar-refractivity contribution in [1.82, 2.24) is 0 Å². The minimum atomic E-state index is 0.111. The Labute approximate surface area is 107 Å². The number of allylic oxidation sites excluding steroid dienone is 1. The SMILES string of the molecule is OCc1ccc(/C=C2/CCc3ccccc32)cc1. The van der Waals surface area contributed by atoms with E-state index in [0.717, 1.165) is 18.4 Å². The van der Waals surface area contributed by atoms with Crippen molar-refractivity contribution in [2.24, 2.45) is 0 Å². The first-order valence-corrected chi connectivity index (χ1v) is 6.35. The fraction of sp³-hybridized carbons (Fsp3) is 0.176. The summed E-state index contributed by atoms with van der Waals surface area (Å²) in [5.74, 6) is 0. The summed E-state index contributed by atoms with van der Waals surface area (Å²) in [5.41, 5.74) is 6.43. The number of benzene rings is 2. The van der Waals surface area contributed by atoms with Crippen molar-refractivity contribution >= 4 is 11.6 Å². The van der Waals surface area contributed by atoms with Crippen LogP contribution in [0.2, 0.25) is 0 Å². The lowest BCUT2D eigenvalue weighted by atomic mass is 10.0. The summed E-state index contributed by atoms with van der Waals surface area (Å²) in [4.78, 5) is 0. The van der Waals surface area contributed by atoms with E-state index in [-0.39, 0.29) is 6.61 Å². The molecule has 18 heavy (non-hydrogen) atoms. The van der Waals surface area contributed by atoms with Crippen molar-refractivity contribution in [2.75, 3.05) is 0 Å². The second kappa shape index (κ2) is 4.79. The Morgan fingerprint density at radius 3 is 2.50 bits per heavy atom. The minimum Gasteiger partial charge on any atom is -0.392 e. The molecule has 2 aromatic rings. The highest BCUT2D eigenvalue weighted by molar-refractivity contribution is 5.85. The zero-order chi connectivity index (χ0) is 12.4. The third kappa shape index (κ3) is 2.09. The first kappa shape index (κ1) is 11.2. The largest absolute Gasteiger partial charge is 0.392 e. The van der Waals surface area contributed by atoms with Crippen LogP contribution in [-0.4, -0.2) is 5.11 Å². The molecule has 0 radical (unpaired) electrons. The van der Waals surface area contributed by atoms with Crippen molar-refractivity contribution in [3.8, 4) is 0 Å². The van der Waals surface area contributed by atoms with E-state index in [0.29, 0.717) is 0 Å². The molecule has 0 bridgehead atoms. The van der Waals surface area contributed by atoms with Crippen molar-refractivity contribution in [3.05, 3.63) is 70.8 Å². The molecule has 3 rings (SSSR count). The topological polar surface area (TPSA) is 20.2 Å². The van der Waals surface area contributed by atoms with Crippen molar-refractivity contribution in [1.29, 1.82) is 0 Å². The number of hydrogen-bond donors (Lipinski definition) is 1. The minimum absolute atomic E-state index is 0.111. The molecule has 0 aliphatic heterocycles. The van der Waals surface area contributed by atoms with Gasteiger partial charge in [0.25, 0.3) is 0 Å². The van der Waals surface area contributed by atoms with E-state index < -0.39 is 0 Å². The maximum Gasteiger partial charge on any atom is 0.0681 e. The molecule has 1 nitrogen and oxygen atoms in total. The molecule has 0 amide bonds. The van der Waals surface area contributed by atoms with Crippen LogP contribution in [0.3, 0.4) is 0 Å². The molecule has 0 saturated carbocycles. The Bertz CT molecular complexity index is 579. The molecule has 0 unspecified atom stereocenters. The van der Waals surface area contributed by atoms with Gasteiger partial charge in [0, 0.05) is 0 Å². The molecule has 1 aliphatic carbocycles. The lowest BCUT2D eigenvalue weighted by Crippen LogP contribution is -1.83. The van der Waals surface area contributed by atoms with Gasteiger partial charge in [-0.3, -0.25) is 0 Å². The van der Waals surface area contributed by atoms with Crippen LogP contribution in [-0.2, 0) is 13.0 Å². The van der Waals surface area contributed by atoms with E-state index >= 15 is 0 Å². The molecule has 2 aromatic carbocycles. The van der Waals surface area contributed by atoms with Crippen molar-refractivity contribution in [2.45, 2.75) is 19.4 Å². The average Bonchev–Trinajstić information content (AvgIpc) is 2.83. The zero-order valence-electron chi connectivity index (χ0n) is 10.3. The van der Waals surface area contributed by atoms with E-state index in [9.17, 15) is 0 Å². The molecular formula is C17H16O. The number of hydrogen-bond acceptors (Lipinski definition) is 1. The third-order valence-electron chi connectivity index (χ3n) is 3.53. The highest BCUT2D eigenvalue weighted by Crippen LogP contribution is 2.33. The van der Waals surface area contributed by atoms with Crippen LogP contribution in [0.5, 0.6) is 0 Å². The number of aryl methyl sites for hydroxylation is 1. The van der Waals surface area contributed by atoms with Gasteiger partial charge < -0.3 is 5.11 Å². The molecule has 0 aromatic heterocycles. The Morgan fingerprint density at radius 1 is 0.944 bits per heavy atom. The van der Waals surface area contributed by atoms with Gasteiger partial charge in [-0.1, -0.05) is 54.6 Å². The normalized spacial score (nSPS) is 15.9. The predicted octanol–water partition coefficient (Wildman–Crippen LogP) is 3.67. The van der Waals surface area contributed by atoms with E-state index in [1.807, 2.05) is 12.1 Å². The van der Waals surface area contributed by atoms with Gasteiger partial charge in [-0.25, -0.2) is 0 Å². The molecule has 0 heterocycles. The molecule has 90 valence electrons. The van der Waals surface area contributed by atoms with Crippen molar-refractivity contribution < 1.29 is 5.11 Å². The number of rotatable bonds is 2. The van der Waals surface area contributed by atoms with Gasteiger partial charge in [0.2, 0.25) is 0 Å². The summed E-state index contributed by atoms with van der Waals surface area (Å²) in [6.07, 6.45) is 4.53. The first-order valence-electron chi connectivity index (χ1n) is 6.35. The highest BCUT2D eigenvalue weighted by Gasteiger charge is 2.14. The third-order valence-corrected chi connectivity index (χ3v) is 3.53. The maximum absolute atomic E-state index is 9.03. The van der Waals surface area contributed by atoms with Crippen LogP contribution >= 0.6 is 0 Å². The van der Waals surface area contributed by atoms with Crippen LogP contribution in [0.15, 0.2) is 48.5 Å². The Kier molecular flexibility index (Phi) is 2.99. The predicted molar refractivity (Wildman–Crippen MR) is 75.0 cm³/mol. The molecule has 0 atom stereocenters. The van der Waals surface area contributed by atoms with Crippen LogP contribution in [0.1, 0.15) is 28.7 Å². The Hall–Kier alpha value is -1.86. The van der Waals surface area contributed by atoms with Crippen molar-refractivity contribution in [3.63, 3.8) is 0 Å². The zero-order valence-corrected chi connectivity index (χ0v) is 10.3. The Balaban J connectivity index is 1.93. The van der Waals surface area contributed by atoms with Crippen LogP contribution in [0, 0.1) is 0 Å². The lowest BCUT2D eigenvalue weighted by Gasteiger charge is -2.02. The summed E-state index contributed by atoms with van der Waals surface area (Å²) in [7, 11) is 0. The smallest absolute Gasteiger partial charge is 0.0681 e. The van der Waals surface area contributed by atoms with Gasteiger partial charge >= 0.3 is 0 Å². The summed E-state index contributed by atoms with van der Waals surface area (Å²) >= 11 is 0. The first-order chi connectivity index (χ1) is 8.86. The standard InChI is InChI=1S/C17H16O/c18-12-14-7-5-13(6-8-14)11-16-10-9-15-3-1-2-4-17(15)16/h1-8,11,18H,9-10,12H2/b16-11-. The highest BCUT2D eigenvalue weighted by atomic mass is 16.3. The van der Waals surface area contributed by atoms with Crippen LogP contribution in [0.25, 0.3) is 11.6 Å². The van der Waals surface area contributed by atoms with E-state index in [1.54, 1.807) is 0 Å². The van der Waals surface area contributed by atoms with Gasteiger partial charge in [0.1, 0.15) is 0 Å². The number of fused-ring (bicyclic) bond motifs is 1. The summed E-state index contributed by atoms with van der Waals surface area (Å²) in [6, 6.07) is 16.7. The van der Waals surface area contributed by atoms with Gasteiger partial charge in [-0.2, -0.15) is 0 Å². The van der Waals surface area contributed by atoms with E-state index in [1.165, 1.54) is 22.3 Å². The van der Waals surface area contributed by atoms with Crippen LogP contribution in [0.4, 0.5) is 0 Å². The van der Waals surface area contributed by atoms with E-state index in [2.05, 4.69) is 42.5 Å². The molecule has 1 heteroatoms. The molecule has 0 spiro atoms.